The molecular weight excluding hydrogens is 262 g/mol. The predicted molar refractivity (Wildman–Crippen MR) is 69.2 cm³/mol. The van der Waals surface area contributed by atoms with Gasteiger partial charge >= 0.3 is 0 Å². The van der Waals surface area contributed by atoms with Crippen molar-refractivity contribution >= 4 is 21.6 Å². The van der Waals surface area contributed by atoms with E-state index in [0.717, 1.165) is 5.56 Å². The maximum absolute atomic E-state index is 11.2. The van der Waals surface area contributed by atoms with Crippen molar-refractivity contribution in [2.75, 3.05) is 19.4 Å². The van der Waals surface area contributed by atoms with Crippen molar-refractivity contribution in [3.8, 4) is 5.75 Å². The molecule has 0 unspecified atom stereocenters. The maximum Gasteiger partial charge on any atom is 0.211 e. The zero-order valence-corrected chi connectivity index (χ0v) is 11.4. The van der Waals surface area contributed by atoms with Gasteiger partial charge in [-0.15, -0.1) is 0 Å². The number of halogens is 1. The minimum absolute atomic E-state index is 0.0936. The van der Waals surface area contributed by atoms with E-state index in [1.54, 1.807) is 26.2 Å². The SMILES string of the molecule is CCS(=O)(=O)NCCc1ccc(OC)c(Cl)c1. The van der Waals surface area contributed by atoms with Gasteiger partial charge < -0.3 is 4.74 Å². The number of benzene rings is 1. The standard InChI is InChI=1S/C11H16ClNO3S/c1-3-17(14,15)13-7-6-9-4-5-11(16-2)10(12)8-9/h4-5,8,13H,3,6-7H2,1-2H3. The predicted octanol–water partition coefficient (Wildman–Crippen LogP) is 1.83. The molecule has 6 heteroatoms. The second kappa shape index (κ2) is 6.23. The monoisotopic (exact) mass is 277 g/mol. The molecule has 0 atom stereocenters. The van der Waals surface area contributed by atoms with Gasteiger partial charge in [0.05, 0.1) is 17.9 Å². The van der Waals surface area contributed by atoms with E-state index in [0.29, 0.717) is 23.7 Å². The van der Waals surface area contributed by atoms with E-state index in [9.17, 15) is 8.42 Å². The van der Waals surface area contributed by atoms with Crippen molar-refractivity contribution in [3.63, 3.8) is 0 Å². The van der Waals surface area contributed by atoms with E-state index >= 15 is 0 Å². The van der Waals surface area contributed by atoms with Crippen LogP contribution in [0.3, 0.4) is 0 Å². The molecule has 1 rings (SSSR count). The van der Waals surface area contributed by atoms with E-state index in [2.05, 4.69) is 4.72 Å². The average Bonchev–Trinajstić information content (AvgIpc) is 2.29. The summed E-state index contributed by atoms with van der Waals surface area (Å²) >= 11 is 5.96. The van der Waals surface area contributed by atoms with Crippen LogP contribution in [0, 0.1) is 0 Å². The van der Waals surface area contributed by atoms with Crippen LogP contribution in [0.1, 0.15) is 12.5 Å². The van der Waals surface area contributed by atoms with Gasteiger partial charge in [0.25, 0.3) is 0 Å². The van der Waals surface area contributed by atoms with Gasteiger partial charge in [-0.25, -0.2) is 13.1 Å². The number of nitrogens with one attached hydrogen (secondary N) is 1. The quantitative estimate of drug-likeness (QED) is 0.863. The molecule has 4 nitrogen and oxygen atoms in total. The summed E-state index contributed by atoms with van der Waals surface area (Å²) in [6, 6.07) is 5.41. The lowest BCUT2D eigenvalue weighted by atomic mass is 10.1. The third-order valence-corrected chi connectivity index (χ3v) is 4.03. The van der Waals surface area contributed by atoms with Crippen LogP contribution in [0.5, 0.6) is 5.75 Å². The molecule has 0 amide bonds. The molecule has 1 aromatic carbocycles. The molecule has 0 saturated heterocycles. The molecule has 0 fully saturated rings. The van der Waals surface area contributed by atoms with Gasteiger partial charge in [0, 0.05) is 6.54 Å². The van der Waals surface area contributed by atoms with Gasteiger partial charge in [-0.2, -0.15) is 0 Å². The lowest BCUT2D eigenvalue weighted by Gasteiger charge is -2.07. The highest BCUT2D eigenvalue weighted by atomic mass is 35.5. The largest absolute Gasteiger partial charge is 0.495 e. The molecule has 17 heavy (non-hydrogen) atoms. The van der Waals surface area contributed by atoms with Crippen molar-refractivity contribution < 1.29 is 13.2 Å². The van der Waals surface area contributed by atoms with Gasteiger partial charge in [0.2, 0.25) is 10.0 Å². The Hall–Kier alpha value is -0.780. The molecule has 0 saturated carbocycles. The summed E-state index contributed by atoms with van der Waals surface area (Å²) in [6.07, 6.45) is 0.600. The molecule has 0 aromatic heterocycles. The summed E-state index contributed by atoms with van der Waals surface area (Å²) in [5, 5.41) is 0.531. The van der Waals surface area contributed by atoms with E-state index < -0.39 is 10.0 Å². The summed E-state index contributed by atoms with van der Waals surface area (Å²) in [5.41, 5.74) is 0.967. The third kappa shape index (κ3) is 4.53. The Labute approximate surface area is 107 Å². The summed E-state index contributed by atoms with van der Waals surface area (Å²) < 4.78 is 29.9. The number of sulfonamides is 1. The third-order valence-electron chi connectivity index (χ3n) is 2.33. The number of hydrogen-bond donors (Lipinski definition) is 1. The first kappa shape index (κ1) is 14.3. The number of methoxy groups -OCH3 is 1. The average molecular weight is 278 g/mol. The summed E-state index contributed by atoms with van der Waals surface area (Å²) in [4.78, 5) is 0. The zero-order chi connectivity index (χ0) is 12.9. The molecule has 0 bridgehead atoms. The minimum Gasteiger partial charge on any atom is -0.495 e. The fourth-order valence-corrected chi connectivity index (χ4v) is 2.22. The van der Waals surface area contributed by atoms with Crippen molar-refractivity contribution in [2.24, 2.45) is 0 Å². The van der Waals surface area contributed by atoms with E-state index in [4.69, 9.17) is 16.3 Å². The Bertz CT molecular complexity index is 474. The zero-order valence-electron chi connectivity index (χ0n) is 9.86. The lowest BCUT2D eigenvalue weighted by molar-refractivity contribution is 0.415. The Morgan fingerprint density at radius 3 is 2.65 bits per heavy atom. The molecular formula is C11H16ClNO3S. The molecule has 0 aliphatic heterocycles. The Morgan fingerprint density at radius 1 is 1.41 bits per heavy atom. The molecule has 0 aliphatic rings. The van der Waals surface area contributed by atoms with Crippen LogP contribution in [0.2, 0.25) is 5.02 Å². The van der Waals surface area contributed by atoms with Gasteiger partial charge in [-0.3, -0.25) is 0 Å². The van der Waals surface area contributed by atoms with E-state index in [-0.39, 0.29) is 5.75 Å². The van der Waals surface area contributed by atoms with E-state index in [1.807, 2.05) is 6.07 Å². The summed E-state index contributed by atoms with van der Waals surface area (Å²) in [5.74, 6) is 0.709. The first-order chi connectivity index (χ1) is 7.98. The molecule has 1 N–H and O–H groups in total. The van der Waals surface area contributed by atoms with Crippen LogP contribution in [0.4, 0.5) is 0 Å². The van der Waals surface area contributed by atoms with Crippen LogP contribution in [0.15, 0.2) is 18.2 Å². The first-order valence-electron chi connectivity index (χ1n) is 5.28. The second-order valence-electron chi connectivity index (χ2n) is 3.52. The van der Waals surface area contributed by atoms with Crippen LogP contribution in [-0.4, -0.2) is 27.8 Å². The van der Waals surface area contributed by atoms with Crippen LogP contribution < -0.4 is 9.46 Å². The first-order valence-corrected chi connectivity index (χ1v) is 7.31. The molecule has 1 aromatic rings. The Morgan fingerprint density at radius 2 is 2.12 bits per heavy atom. The van der Waals surface area contributed by atoms with Crippen LogP contribution >= 0.6 is 11.6 Å². The number of rotatable bonds is 6. The van der Waals surface area contributed by atoms with Crippen molar-refractivity contribution in [2.45, 2.75) is 13.3 Å². The lowest BCUT2D eigenvalue weighted by Crippen LogP contribution is -2.27. The minimum atomic E-state index is -3.12. The summed E-state index contributed by atoms with van der Waals surface area (Å²) in [7, 11) is -1.57. The highest BCUT2D eigenvalue weighted by Crippen LogP contribution is 2.24. The van der Waals surface area contributed by atoms with Crippen LogP contribution in [-0.2, 0) is 16.4 Å². The molecule has 0 spiro atoms. The van der Waals surface area contributed by atoms with Gasteiger partial charge in [0.15, 0.2) is 0 Å². The van der Waals surface area contributed by atoms with Crippen molar-refractivity contribution in [1.29, 1.82) is 0 Å². The van der Waals surface area contributed by atoms with Crippen LogP contribution in [0.25, 0.3) is 0 Å². The van der Waals surface area contributed by atoms with Gasteiger partial charge in [-0.05, 0) is 31.0 Å². The fraction of sp³-hybridized carbons (Fsp3) is 0.455. The van der Waals surface area contributed by atoms with Gasteiger partial charge in [0.1, 0.15) is 5.75 Å². The molecule has 0 heterocycles. The fourth-order valence-electron chi connectivity index (χ4n) is 1.32. The van der Waals surface area contributed by atoms with Gasteiger partial charge in [-0.1, -0.05) is 17.7 Å². The highest BCUT2D eigenvalue weighted by molar-refractivity contribution is 7.89. The molecule has 0 aliphatic carbocycles. The normalized spacial score (nSPS) is 11.5. The number of ether oxygens (including phenoxy) is 1. The number of hydrogen-bond acceptors (Lipinski definition) is 3. The Balaban J connectivity index is 2.56. The van der Waals surface area contributed by atoms with E-state index in [1.165, 1.54) is 0 Å². The second-order valence-corrected chi connectivity index (χ2v) is 6.02. The molecule has 0 radical (unpaired) electrons. The highest BCUT2D eigenvalue weighted by Gasteiger charge is 2.06. The topological polar surface area (TPSA) is 55.4 Å². The summed E-state index contributed by atoms with van der Waals surface area (Å²) in [6.45, 7) is 1.98. The van der Waals surface area contributed by atoms with Crippen molar-refractivity contribution in [3.05, 3.63) is 28.8 Å². The van der Waals surface area contributed by atoms with Crippen molar-refractivity contribution in [1.82, 2.24) is 4.72 Å². The smallest absolute Gasteiger partial charge is 0.211 e. The Kier molecular flexibility index (Phi) is 5.24. The maximum atomic E-state index is 11.2. The molecule has 96 valence electrons.